The van der Waals surface area contributed by atoms with Gasteiger partial charge in [0, 0.05) is 25.3 Å². The van der Waals surface area contributed by atoms with Gasteiger partial charge in [-0.2, -0.15) is 0 Å². The van der Waals surface area contributed by atoms with Crippen molar-refractivity contribution in [3.05, 3.63) is 0 Å². The first-order chi connectivity index (χ1) is 6.79. The van der Waals surface area contributed by atoms with Crippen LogP contribution < -0.4 is 0 Å². The van der Waals surface area contributed by atoms with E-state index in [1.165, 1.54) is 16.8 Å². The number of ether oxygens (including phenoxy) is 1. The van der Waals surface area contributed by atoms with Crippen molar-refractivity contribution in [1.29, 1.82) is 0 Å². The number of carbonyl (C=O) groups is 2. The first-order valence-electron chi connectivity index (χ1n) is 4.61. The summed E-state index contributed by atoms with van der Waals surface area (Å²) in [4.78, 5) is 23.0. The van der Waals surface area contributed by atoms with Gasteiger partial charge in [-0.05, 0) is 0 Å². The number of thioether (sulfide) groups is 1. The zero-order valence-corrected chi connectivity index (χ0v) is 8.59. The minimum atomic E-state index is -0.150. The molecule has 14 heavy (non-hydrogen) atoms. The molecule has 0 aliphatic carbocycles. The second-order valence-corrected chi connectivity index (χ2v) is 4.18. The second-order valence-electron chi connectivity index (χ2n) is 3.14. The molecule has 6 heteroatoms. The fraction of sp³-hybridized carbons (Fsp3) is 0.750. The summed E-state index contributed by atoms with van der Waals surface area (Å²) in [7, 11) is 0. The molecule has 0 unspecified atom stereocenters. The normalized spacial score (nSPS) is 25.6. The zero-order valence-electron chi connectivity index (χ0n) is 7.77. The van der Waals surface area contributed by atoms with Gasteiger partial charge in [-0.15, -0.1) is 0 Å². The van der Waals surface area contributed by atoms with Crippen molar-refractivity contribution in [3.63, 3.8) is 0 Å². The van der Waals surface area contributed by atoms with Crippen LogP contribution in [0, 0.1) is 0 Å². The number of hydrogen-bond donors (Lipinski definition) is 0. The van der Waals surface area contributed by atoms with Crippen LogP contribution in [0.15, 0.2) is 0 Å². The molecule has 0 aromatic carbocycles. The van der Waals surface area contributed by atoms with Crippen LogP contribution in [-0.4, -0.2) is 53.2 Å². The summed E-state index contributed by atoms with van der Waals surface area (Å²) in [6.45, 7) is 2.42. The molecule has 0 aromatic rings. The summed E-state index contributed by atoms with van der Waals surface area (Å²) in [6, 6.07) is 0. The molecule has 0 radical (unpaired) electrons. The maximum Gasteiger partial charge on any atom is 0.303 e. The lowest BCUT2D eigenvalue weighted by atomic mass is 10.4. The molecule has 78 valence electrons. The highest BCUT2D eigenvalue weighted by Crippen LogP contribution is 2.20. The fourth-order valence-electron chi connectivity index (χ4n) is 1.52. The molecule has 2 fully saturated rings. The molecule has 2 rings (SSSR count). The van der Waals surface area contributed by atoms with Gasteiger partial charge in [-0.1, -0.05) is 11.8 Å². The van der Waals surface area contributed by atoms with Gasteiger partial charge in [0.05, 0.1) is 13.2 Å². The van der Waals surface area contributed by atoms with Gasteiger partial charge in [0.1, 0.15) is 0 Å². The molecular weight excluding hydrogens is 204 g/mol. The summed E-state index contributed by atoms with van der Waals surface area (Å²) in [6.07, 6.45) is 0.452. The van der Waals surface area contributed by atoms with E-state index in [2.05, 4.69) is 0 Å². The number of rotatable bonds is 1. The molecule has 2 heterocycles. The van der Waals surface area contributed by atoms with E-state index in [0.29, 0.717) is 38.5 Å². The van der Waals surface area contributed by atoms with E-state index in [1.54, 1.807) is 5.01 Å². The maximum atomic E-state index is 11.5. The van der Waals surface area contributed by atoms with Crippen molar-refractivity contribution in [2.75, 3.05) is 32.1 Å². The number of carbonyl (C=O) groups excluding carboxylic acids is 2. The van der Waals surface area contributed by atoms with Crippen LogP contribution in [0.4, 0.5) is 4.79 Å². The standard InChI is InChI=1S/C8H12N2O3S/c11-7-1-6-14-8(12)10(7)9-2-4-13-5-3-9/h1-6H2. The average Bonchev–Trinajstić information content (AvgIpc) is 2.19. The zero-order chi connectivity index (χ0) is 9.97. The number of hydrogen-bond acceptors (Lipinski definition) is 5. The average molecular weight is 216 g/mol. The smallest absolute Gasteiger partial charge is 0.303 e. The Balaban J connectivity index is 2.05. The first kappa shape index (κ1) is 9.95. The van der Waals surface area contributed by atoms with Gasteiger partial charge < -0.3 is 4.74 Å². The van der Waals surface area contributed by atoms with Crippen LogP contribution in [0.25, 0.3) is 0 Å². The van der Waals surface area contributed by atoms with Crippen LogP contribution in [0.5, 0.6) is 0 Å². The van der Waals surface area contributed by atoms with Crippen LogP contribution in [0.3, 0.4) is 0 Å². The summed E-state index contributed by atoms with van der Waals surface area (Å²) in [5.74, 6) is 0.522. The summed E-state index contributed by atoms with van der Waals surface area (Å²) < 4.78 is 5.16. The predicted molar refractivity (Wildman–Crippen MR) is 51.7 cm³/mol. The molecule has 5 nitrogen and oxygen atoms in total. The molecule has 0 spiro atoms. The third kappa shape index (κ3) is 1.92. The quantitative estimate of drug-likeness (QED) is 0.631. The molecule has 0 aromatic heterocycles. The van der Waals surface area contributed by atoms with E-state index < -0.39 is 0 Å². The Morgan fingerprint density at radius 1 is 1.21 bits per heavy atom. The lowest BCUT2D eigenvalue weighted by Gasteiger charge is -2.36. The van der Waals surface area contributed by atoms with E-state index in [-0.39, 0.29) is 11.1 Å². The van der Waals surface area contributed by atoms with Crippen molar-refractivity contribution in [3.8, 4) is 0 Å². The Bertz CT molecular complexity index is 237. The van der Waals surface area contributed by atoms with Crippen molar-refractivity contribution >= 4 is 22.9 Å². The Morgan fingerprint density at radius 3 is 2.57 bits per heavy atom. The molecular formula is C8H12N2O3S. The number of nitrogens with zero attached hydrogens (tertiary/aromatic N) is 2. The molecule has 0 N–H and O–H groups in total. The number of morpholine rings is 1. The number of amides is 2. The second kappa shape index (κ2) is 4.29. The van der Waals surface area contributed by atoms with Crippen molar-refractivity contribution in [2.24, 2.45) is 0 Å². The summed E-state index contributed by atoms with van der Waals surface area (Å²) >= 11 is 1.21. The highest BCUT2D eigenvalue weighted by atomic mass is 32.2. The molecule has 2 aliphatic heterocycles. The van der Waals surface area contributed by atoms with Gasteiger partial charge in [-0.25, -0.2) is 10.0 Å². The van der Waals surface area contributed by atoms with Gasteiger partial charge >= 0.3 is 5.24 Å². The molecule has 0 bridgehead atoms. The largest absolute Gasteiger partial charge is 0.379 e. The molecule has 0 atom stereocenters. The lowest BCUT2D eigenvalue weighted by molar-refractivity contribution is -0.146. The molecule has 2 aliphatic rings. The molecule has 2 saturated heterocycles. The monoisotopic (exact) mass is 216 g/mol. The number of imide groups is 1. The first-order valence-corrected chi connectivity index (χ1v) is 5.60. The fourth-order valence-corrected chi connectivity index (χ4v) is 2.31. The predicted octanol–water partition coefficient (Wildman–Crippen LogP) is 0.319. The Labute approximate surface area is 86.3 Å². The van der Waals surface area contributed by atoms with Gasteiger partial charge in [-0.3, -0.25) is 9.59 Å². The lowest BCUT2D eigenvalue weighted by Crippen LogP contribution is -2.54. The van der Waals surface area contributed by atoms with Crippen molar-refractivity contribution in [1.82, 2.24) is 10.0 Å². The molecule has 0 saturated carbocycles. The minimum absolute atomic E-state index is 0.0874. The summed E-state index contributed by atoms with van der Waals surface area (Å²) in [5, 5.41) is 2.90. The minimum Gasteiger partial charge on any atom is -0.379 e. The highest BCUT2D eigenvalue weighted by molar-refractivity contribution is 8.13. The van der Waals surface area contributed by atoms with E-state index in [1.807, 2.05) is 0 Å². The third-order valence-electron chi connectivity index (χ3n) is 2.22. The Hall–Kier alpha value is -0.590. The van der Waals surface area contributed by atoms with E-state index in [9.17, 15) is 9.59 Å². The topological polar surface area (TPSA) is 49.9 Å². The van der Waals surface area contributed by atoms with E-state index >= 15 is 0 Å². The highest BCUT2D eigenvalue weighted by Gasteiger charge is 2.32. The Morgan fingerprint density at radius 2 is 1.93 bits per heavy atom. The van der Waals surface area contributed by atoms with Gasteiger partial charge in [0.25, 0.3) is 0 Å². The van der Waals surface area contributed by atoms with E-state index in [0.717, 1.165) is 0 Å². The molecule has 2 amide bonds. The van der Waals surface area contributed by atoms with Gasteiger partial charge in [0.2, 0.25) is 5.91 Å². The SMILES string of the molecule is O=C1CCSC(=O)N1N1CCOCC1. The van der Waals surface area contributed by atoms with Crippen LogP contribution in [0.2, 0.25) is 0 Å². The maximum absolute atomic E-state index is 11.5. The van der Waals surface area contributed by atoms with E-state index in [4.69, 9.17) is 4.74 Å². The van der Waals surface area contributed by atoms with Crippen molar-refractivity contribution < 1.29 is 14.3 Å². The Kier molecular flexibility index (Phi) is 3.05. The van der Waals surface area contributed by atoms with Crippen molar-refractivity contribution in [2.45, 2.75) is 6.42 Å². The van der Waals surface area contributed by atoms with Gasteiger partial charge in [0.15, 0.2) is 0 Å². The summed E-state index contributed by atoms with van der Waals surface area (Å²) in [5.41, 5.74) is 0. The number of hydrazine groups is 1. The van der Waals surface area contributed by atoms with Crippen LogP contribution in [-0.2, 0) is 9.53 Å². The van der Waals surface area contributed by atoms with Crippen LogP contribution in [0.1, 0.15) is 6.42 Å². The van der Waals surface area contributed by atoms with Crippen LogP contribution >= 0.6 is 11.8 Å². The third-order valence-corrected chi connectivity index (χ3v) is 3.05.